The van der Waals surface area contributed by atoms with Crippen LogP contribution in [0, 0.1) is 13.8 Å². The SMILES string of the molecule is Cc1ccc(Nc2ccc(NCCNC(=O)/C=C/c3ccccc3C)nn2)nc1. The van der Waals surface area contributed by atoms with Gasteiger partial charge in [0, 0.05) is 25.4 Å². The largest absolute Gasteiger partial charge is 0.367 e. The number of anilines is 3. The van der Waals surface area contributed by atoms with Gasteiger partial charge in [-0.1, -0.05) is 30.3 Å². The number of hydrogen-bond acceptors (Lipinski definition) is 6. The first kappa shape index (κ1) is 20.0. The standard InChI is InChI=1S/C22H24N6O/c1-16-7-9-19(25-15-16)26-21-11-10-20(27-28-21)23-13-14-24-22(29)12-8-18-6-4-3-5-17(18)2/h3-12,15H,13-14H2,1-2H3,(H,23,27)(H,24,29)(H,25,26,28)/b12-8+. The number of carbonyl (C=O) groups is 1. The highest BCUT2D eigenvalue weighted by Crippen LogP contribution is 2.12. The fraction of sp³-hybridized carbons (Fsp3) is 0.182. The summed E-state index contributed by atoms with van der Waals surface area (Å²) in [4.78, 5) is 16.2. The lowest BCUT2D eigenvalue weighted by Crippen LogP contribution is -2.27. The van der Waals surface area contributed by atoms with E-state index in [1.54, 1.807) is 12.3 Å². The summed E-state index contributed by atoms with van der Waals surface area (Å²) in [6.45, 7) is 5.03. The van der Waals surface area contributed by atoms with Gasteiger partial charge in [-0.2, -0.15) is 0 Å². The van der Waals surface area contributed by atoms with Gasteiger partial charge in [-0.15, -0.1) is 10.2 Å². The first-order chi connectivity index (χ1) is 14.1. The van der Waals surface area contributed by atoms with Crippen LogP contribution in [-0.4, -0.2) is 34.2 Å². The zero-order valence-electron chi connectivity index (χ0n) is 16.5. The summed E-state index contributed by atoms with van der Waals surface area (Å²) < 4.78 is 0. The van der Waals surface area contributed by atoms with Crippen molar-refractivity contribution in [3.8, 4) is 0 Å². The lowest BCUT2D eigenvalue weighted by Gasteiger charge is -2.07. The molecule has 148 valence electrons. The van der Waals surface area contributed by atoms with Crippen LogP contribution in [-0.2, 0) is 4.79 Å². The number of pyridine rings is 1. The number of aryl methyl sites for hydroxylation is 2. The minimum Gasteiger partial charge on any atom is -0.367 e. The van der Waals surface area contributed by atoms with Crippen molar-refractivity contribution in [3.05, 3.63) is 77.5 Å². The summed E-state index contributed by atoms with van der Waals surface area (Å²) in [6.07, 6.45) is 5.15. The molecular weight excluding hydrogens is 364 g/mol. The van der Waals surface area contributed by atoms with Crippen molar-refractivity contribution in [2.75, 3.05) is 23.7 Å². The van der Waals surface area contributed by atoms with Gasteiger partial charge in [-0.05, 0) is 54.8 Å². The van der Waals surface area contributed by atoms with Gasteiger partial charge in [0.25, 0.3) is 0 Å². The molecule has 0 bridgehead atoms. The van der Waals surface area contributed by atoms with Crippen molar-refractivity contribution in [2.24, 2.45) is 0 Å². The van der Waals surface area contributed by atoms with Crippen molar-refractivity contribution < 1.29 is 4.79 Å². The van der Waals surface area contributed by atoms with E-state index in [1.165, 1.54) is 0 Å². The van der Waals surface area contributed by atoms with Crippen LogP contribution in [0.1, 0.15) is 16.7 Å². The van der Waals surface area contributed by atoms with Gasteiger partial charge in [0.1, 0.15) is 11.6 Å². The van der Waals surface area contributed by atoms with Crippen LogP contribution in [0.15, 0.2) is 60.8 Å². The molecule has 0 aliphatic carbocycles. The minimum absolute atomic E-state index is 0.133. The third-order valence-corrected chi connectivity index (χ3v) is 4.17. The highest BCUT2D eigenvalue weighted by atomic mass is 16.1. The smallest absolute Gasteiger partial charge is 0.244 e. The predicted octanol–water partition coefficient (Wildman–Crippen LogP) is 3.47. The number of nitrogens with one attached hydrogen (secondary N) is 3. The lowest BCUT2D eigenvalue weighted by molar-refractivity contribution is -0.116. The van der Waals surface area contributed by atoms with E-state index >= 15 is 0 Å². The molecular formula is C22H24N6O. The molecule has 7 nitrogen and oxygen atoms in total. The highest BCUT2D eigenvalue weighted by molar-refractivity contribution is 5.91. The maximum atomic E-state index is 11.9. The van der Waals surface area contributed by atoms with Gasteiger partial charge in [-0.25, -0.2) is 4.98 Å². The fourth-order valence-electron chi connectivity index (χ4n) is 2.54. The maximum absolute atomic E-state index is 11.9. The molecule has 0 saturated carbocycles. The number of aromatic nitrogens is 3. The minimum atomic E-state index is -0.133. The number of nitrogens with zero attached hydrogens (tertiary/aromatic N) is 3. The summed E-state index contributed by atoms with van der Waals surface area (Å²) >= 11 is 0. The van der Waals surface area contributed by atoms with Gasteiger partial charge in [0.15, 0.2) is 5.82 Å². The highest BCUT2D eigenvalue weighted by Gasteiger charge is 2.00. The van der Waals surface area contributed by atoms with Crippen LogP contribution in [0.4, 0.5) is 17.5 Å². The first-order valence-corrected chi connectivity index (χ1v) is 9.39. The van der Waals surface area contributed by atoms with Crippen molar-refractivity contribution in [1.29, 1.82) is 0 Å². The van der Waals surface area contributed by atoms with Crippen LogP contribution in [0.5, 0.6) is 0 Å². The average Bonchev–Trinajstić information content (AvgIpc) is 2.73. The normalized spacial score (nSPS) is 10.7. The van der Waals surface area contributed by atoms with E-state index in [1.807, 2.05) is 68.5 Å². The van der Waals surface area contributed by atoms with E-state index in [-0.39, 0.29) is 5.91 Å². The lowest BCUT2D eigenvalue weighted by atomic mass is 10.1. The molecule has 1 amide bonds. The van der Waals surface area contributed by atoms with E-state index < -0.39 is 0 Å². The molecule has 0 atom stereocenters. The van der Waals surface area contributed by atoms with Gasteiger partial charge in [0.05, 0.1) is 0 Å². The third kappa shape index (κ3) is 6.42. The quantitative estimate of drug-likeness (QED) is 0.404. The van der Waals surface area contributed by atoms with E-state index in [0.29, 0.717) is 30.5 Å². The Morgan fingerprint density at radius 3 is 2.41 bits per heavy atom. The van der Waals surface area contributed by atoms with Crippen molar-refractivity contribution in [2.45, 2.75) is 13.8 Å². The van der Waals surface area contributed by atoms with Crippen molar-refractivity contribution >= 4 is 29.4 Å². The predicted molar refractivity (Wildman–Crippen MR) is 116 cm³/mol. The van der Waals surface area contributed by atoms with Crippen molar-refractivity contribution in [1.82, 2.24) is 20.5 Å². The van der Waals surface area contributed by atoms with E-state index in [2.05, 4.69) is 31.1 Å². The van der Waals surface area contributed by atoms with Gasteiger partial charge >= 0.3 is 0 Å². The van der Waals surface area contributed by atoms with Gasteiger partial charge < -0.3 is 16.0 Å². The monoisotopic (exact) mass is 388 g/mol. The molecule has 3 N–H and O–H groups in total. The summed E-state index contributed by atoms with van der Waals surface area (Å²) in [5, 5.41) is 17.3. The Morgan fingerprint density at radius 2 is 1.69 bits per heavy atom. The fourth-order valence-corrected chi connectivity index (χ4v) is 2.54. The number of rotatable bonds is 8. The number of carbonyl (C=O) groups excluding carboxylic acids is 1. The van der Waals surface area contributed by atoms with Crippen LogP contribution in [0.2, 0.25) is 0 Å². The average molecular weight is 388 g/mol. The second kappa shape index (κ2) is 9.98. The molecule has 29 heavy (non-hydrogen) atoms. The maximum Gasteiger partial charge on any atom is 0.244 e. The molecule has 2 heterocycles. The molecule has 0 radical (unpaired) electrons. The topological polar surface area (TPSA) is 91.8 Å². The number of amides is 1. The molecule has 0 spiro atoms. The zero-order chi connectivity index (χ0) is 20.5. The number of hydrogen-bond donors (Lipinski definition) is 3. The molecule has 0 unspecified atom stereocenters. The van der Waals surface area contributed by atoms with Crippen molar-refractivity contribution in [3.63, 3.8) is 0 Å². The molecule has 0 aliphatic rings. The van der Waals surface area contributed by atoms with Gasteiger partial charge in [-0.3, -0.25) is 4.79 Å². The van der Waals surface area contributed by atoms with E-state index in [4.69, 9.17) is 0 Å². The van der Waals surface area contributed by atoms with E-state index in [9.17, 15) is 4.79 Å². The Balaban J connectivity index is 1.39. The second-order valence-electron chi connectivity index (χ2n) is 6.56. The summed E-state index contributed by atoms with van der Waals surface area (Å²) in [6, 6.07) is 15.4. The van der Waals surface area contributed by atoms with Crippen LogP contribution in [0.25, 0.3) is 6.08 Å². The second-order valence-corrected chi connectivity index (χ2v) is 6.56. The molecule has 0 aliphatic heterocycles. The Bertz CT molecular complexity index is 967. The van der Waals surface area contributed by atoms with Crippen LogP contribution < -0.4 is 16.0 Å². The Kier molecular flexibility index (Phi) is 6.89. The summed E-state index contributed by atoms with van der Waals surface area (Å²) in [5.41, 5.74) is 3.26. The first-order valence-electron chi connectivity index (χ1n) is 9.39. The molecule has 3 rings (SSSR count). The van der Waals surface area contributed by atoms with Gasteiger partial charge in [0.2, 0.25) is 5.91 Å². The Hall–Kier alpha value is -3.74. The molecule has 0 saturated heterocycles. The summed E-state index contributed by atoms with van der Waals surface area (Å²) in [7, 11) is 0. The molecule has 3 aromatic rings. The molecule has 2 aromatic heterocycles. The molecule has 0 fully saturated rings. The summed E-state index contributed by atoms with van der Waals surface area (Å²) in [5.74, 6) is 1.83. The Labute approximate surface area is 170 Å². The zero-order valence-corrected chi connectivity index (χ0v) is 16.5. The van der Waals surface area contributed by atoms with Crippen LogP contribution >= 0.6 is 0 Å². The van der Waals surface area contributed by atoms with E-state index in [0.717, 1.165) is 16.7 Å². The number of benzene rings is 1. The van der Waals surface area contributed by atoms with Crippen LogP contribution in [0.3, 0.4) is 0 Å². The Morgan fingerprint density at radius 1 is 0.931 bits per heavy atom. The molecule has 1 aromatic carbocycles. The third-order valence-electron chi connectivity index (χ3n) is 4.17. The molecule has 7 heteroatoms.